The molecular weight excluding hydrogens is 331 g/mol. The molecular formula is C14H16F3N3O2S. The van der Waals surface area contributed by atoms with E-state index in [0.29, 0.717) is 17.4 Å². The minimum Gasteiger partial charge on any atom is -0.389 e. The molecule has 0 spiro atoms. The number of nitrogens with zero attached hydrogens (tertiary/aromatic N) is 3. The molecule has 1 aromatic carbocycles. The maximum atomic E-state index is 14.1. The van der Waals surface area contributed by atoms with Crippen LogP contribution in [0.2, 0.25) is 0 Å². The molecule has 9 heteroatoms. The van der Waals surface area contributed by atoms with Crippen LogP contribution in [0.5, 0.6) is 0 Å². The number of morpholine rings is 1. The van der Waals surface area contributed by atoms with Gasteiger partial charge in [-0.1, -0.05) is 30.0 Å². The summed E-state index contributed by atoms with van der Waals surface area (Å²) in [5, 5.41) is 14.4. The first-order valence-electron chi connectivity index (χ1n) is 7.11. The third-order valence-electron chi connectivity index (χ3n) is 3.70. The maximum Gasteiger partial charge on any atom is 0.437 e. The second-order valence-corrected chi connectivity index (χ2v) is 6.35. The van der Waals surface area contributed by atoms with Gasteiger partial charge < -0.3 is 9.84 Å². The summed E-state index contributed by atoms with van der Waals surface area (Å²) in [4.78, 5) is -1.05. The summed E-state index contributed by atoms with van der Waals surface area (Å²) >= 11 is 0.546. The molecule has 2 heterocycles. The average Bonchev–Trinajstić information content (AvgIpc) is 2.97. The van der Waals surface area contributed by atoms with Gasteiger partial charge in [0.2, 0.25) is 0 Å². The van der Waals surface area contributed by atoms with Crippen LogP contribution in [-0.4, -0.2) is 59.1 Å². The van der Waals surface area contributed by atoms with Gasteiger partial charge in [-0.15, -0.1) is 0 Å². The predicted octanol–water partition coefficient (Wildman–Crippen LogP) is 2.09. The van der Waals surface area contributed by atoms with Crippen molar-refractivity contribution < 1.29 is 23.0 Å². The van der Waals surface area contributed by atoms with Gasteiger partial charge in [-0.05, 0) is 12.1 Å². The average molecular weight is 347 g/mol. The number of hydrogen-bond acceptors (Lipinski definition) is 6. The van der Waals surface area contributed by atoms with Crippen LogP contribution in [0, 0.1) is 0 Å². The molecule has 5 nitrogen and oxygen atoms in total. The highest BCUT2D eigenvalue weighted by molar-refractivity contribution is 8.15. The molecule has 0 amide bonds. The summed E-state index contributed by atoms with van der Waals surface area (Å²) < 4.78 is 47.6. The fourth-order valence-corrected chi connectivity index (χ4v) is 3.87. The number of anilines is 1. The summed E-state index contributed by atoms with van der Waals surface area (Å²) in [5.41, 5.74) is 0.326. The third-order valence-corrected chi connectivity index (χ3v) is 5.10. The molecule has 1 aromatic rings. The molecule has 2 aliphatic heterocycles. The van der Waals surface area contributed by atoms with Crippen molar-refractivity contribution in [3.8, 4) is 0 Å². The Morgan fingerprint density at radius 2 is 1.87 bits per heavy atom. The van der Waals surface area contributed by atoms with Crippen LogP contribution in [0.3, 0.4) is 0 Å². The molecule has 0 aliphatic carbocycles. The van der Waals surface area contributed by atoms with Crippen molar-refractivity contribution in [1.82, 2.24) is 4.90 Å². The molecule has 0 saturated carbocycles. The van der Waals surface area contributed by atoms with E-state index in [0.717, 1.165) is 5.01 Å². The number of thioether (sulfide) groups is 1. The fraction of sp³-hybridized carbons (Fsp3) is 0.500. The van der Waals surface area contributed by atoms with E-state index in [1.165, 1.54) is 4.90 Å². The van der Waals surface area contributed by atoms with Crippen molar-refractivity contribution in [2.24, 2.45) is 5.10 Å². The molecule has 0 bridgehead atoms. The van der Waals surface area contributed by atoms with Gasteiger partial charge in [0.1, 0.15) is 5.04 Å². The van der Waals surface area contributed by atoms with E-state index in [2.05, 4.69) is 5.10 Å². The van der Waals surface area contributed by atoms with Gasteiger partial charge in [0.05, 0.1) is 25.5 Å². The third kappa shape index (κ3) is 2.82. The van der Waals surface area contributed by atoms with Gasteiger partial charge >= 0.3 is 6.18 Å². The van der Waals surface area contributed by atoms with Crippen molar-refractivity contribution in [1.29, 1.82) is 0 Å². The van der Waals surface area contributed by atoms with Gasteiger partial charge in [-0.2, -0.15) is 18.3 Å². The lowest BCUT2D eigenvalue weighted by atomic mass is 10.2. The molecule has 126 valence electrons. The van der Waals surface area contributed by atoms with E-state index < -0.39 is 17.8 Å². The summed E-state index contributed by atoms with van der Waals surface area (Å²) in [5.74, 6) is 0. The van der Waals surface area contributed by atoms with Gasteiger partial charge in [0, 0.05) is 13.1 Å². The zero-order valence-corrected chi connectivity index (χ0v) is 13.0. The molecule has 3 rings (SSSR count). The normalized spacial score (nSPS) is 26.4. The first-order valence-corrected chi connectivity index (χ1v) is 7.93. The van der Waals surface area contributed by atoms with Gasteiger partial charge in [0.15, 0.2) is 0 Å². The molecule has 1 fully saturated rings. The molecule has 1 saturated heterocycles. The number of hydrogen-bond donors (Lipinski definition) is 1. The first kappa shape index (κ1) is 16.6. The fourth-order valence-electron chi connectivity index (χ4n) is 2.70. The van der Waals surface area contributed by atoms with Crippen LogP contribution < -0.4 is 5.01 Å². The van der Waals surface area contributed by atoms with E-state index in [1.54, 1.807) is 30.3 Å². The Hall–Kier alpha value is -1.29. The second kappa shape index (κ2) is 6.31. The minimum absolute atomic E-state index is 0.0395. The molecule has 1 atom stereocenters. The monoisotopic (exact) mass is 347 g/mol. The second-order valence-electron chi connectivity index (χ2n) is 5.11. The van der Waals surface area contributed by atoms with Crippen molar-refractivity contribution in [3.05, 3.63) is 30.3 Å². The van der Waals surface area contributed by atoms with Crippen molar-refractivity contribution >= 4 is 22.5 Å². The lowest BCUT2D eigenvalue weighted by Crippen LogP contribution is -2.66. The number of ether oxygens (including phenoxy) is 1. The summed E-state index contributed by atoms with van der Waals surface area (Å²) in [6, 6.07) is 8.20. The zero-order valence-electron chi connectivity index (χ0n) is 12.2. The number of alkyl halides is 3. The lowest BCUT2D eigenvalue weighted by Gasteiger charge is -2.46. The van der Waals surface area contributed by atoms with E-state index in [-0.39, 0.29) is 31.3 Å². The van der Waals surface area contributed by atoms with Crippen molar-refractivity contribution in [3.63, 3.8) is 0 Å². The standard InChI is InChI=1S/C14H16F3N3O2S/c15-13(16,17)14(19-6-8-22-9-7-19)20(18-12(10-21)23-14)11-4-2-1-3-5-11/h1-5,21H,6-10H2. The highest BCUT2D eigenvalue weighted by Crippen LogP contribution is 2.52. The van der Waals surface area contributed by atoms with Crippen molar-refractivity contribution in [2.75, 3.05) is 37.9 Å². The lowest BCUT2D eigenvalue weighted by molar-refractivity contribution is -0.205. The molecule has 2 aliphatic rings. The quantitative estimate of drug-likeness (QED) is 0.907. The Morgan fingerprint density at radius 1 is 1.22 bits per heavy atom. The Kier molecular flexibility index (Phi) is 4.54. The minimum atomic E-state index is -4.58. The van der Waals surface area contributed by atoms with Crippen LogP contribution >= 0.6 is 11.8 Å². The number of rotatable bonds is 3. The number of benzene rings is 1. The highest BCUT2D eigenvalue weighted by atomic mass is 32.2. The summed E-state index contributed by atoms with van der Waals surface area (Å²) in [7, 11) is 0. The van der Waals surface area contributed by atoms with Crippen LogP contribution in [0.4, 0.5) is 18.9 Å². The van der Waals surface area contributed by atoms with E-state index in [1.807, 2.05) is 0 Å². The number of para-hydroxylation sites is 1. The number of aliphatic hydroxyl groups excluding tert-OH is 1. The van der Waals surface area contributed by atoms with Crippen LogP contribution in [0.25, 0.3) is 0 Å². The Balaban J connectivity index is 2.09. The predicted molar refractivity (Wildman–Crippen MR) is 82.2 cm³/mol. The molecule has 1 N–H and O–H groups in total. The van der Waals surface area contributed by atoms with Crippen LogP contribution in [0.15, 0.2) is 35.4 Å². The van der Waals surface area contributed by atoms with Gasteiger partial charge in [-0.25, -0.2) is 5.01 Å². The highest BCUT2D eigenvalue weighted by Gasteiger charge is 2.67. The van der Waals surface area contributed by atoms with Crippen LogP contribution in [0.1, 0.15) is 0 Å². The Morgan fingerprint density at radius 3 is 2.43 bits per heavy atom. The molecule has 23 heavy (non-hydrogen) atoms. The number of hydrazone groups is 1. The Labute approximate surface area is 135 Å². The SMILES string of the molecule is OCC1=NN(c2ccccc2)C(N2CCOCC2)(C(F)(F)F)S1. The first-order chi connectivity index (χ1) is 11.0. The van der Waals surface area contributed by atoms with E-state index in [4.69, 9.17) is 4.74 Å². The zero-order chi connectivity index (χ0) is 16.5. The molecule has 1 unspecified atom stereocenters. The summed E-state index contributed by atoms with van der Waals surface area (Å²) in [6.45, 7) is 0.218. The smallest absolute Gasteiger partial charge is 0.389 e. The van der Waals surface area contributed by atoms with E-state index in [9.17, 15) is 18.3 Å². The number of aliphatic hydroxyl groups is 1. The largest absolute Gasteiger partial charge is 0.437 e. The summed E-state index contributed by atoms with van der Waals surface area (Å²) in [6.07, 6.45) is -4.58. The van der Waals surface area contributed by atoms with Gasteiger partial charge in [-0.3, -0.25) is 4.90 Å². The van der Waals surface area contributed by atoms with Gasteiger partial charge in [0.25, 0.3) is 4.99 Å². The van der Waals surface area contributed by atoms with E-state index >= 15 is 0 Å². The molecule has 0 radical (unpaired) electrons. The number of halogens is 3. The molecule has 0 aromatic heterocycles. The topological polar surface area (TPSA) is 48.3 Å². The maximum absolute atomic E-state index is 14.1. The Bertz CT molecular complexity index is 578. The van der Waals surface area contributed by atoms with Crippen LogP contribution in [-0.2, 0) is 4.74 Å². The van der Waals surface area contributed by atoms with Crippen molar-refractivity contribution in [2.45, 2.75) is 11.2 Å².